The number of carbonyl (C=O) groups excluding carboxylic acids is 2. The molecule has 228 valence electrons. The zero-order valence-corrected chi connectivity index (χ0v) is 25.7. The molecule has 0 amide bonds. The van der Waals surface area contributed by atoms with Crippen LogP contribution >= 0.6 is 34.0 Å². The van der Waals surface area contributed by atoms with Crippen molar-refractivity contribution < 1.29 is 19.1 Å². The molecule has 1 aliphatic heterocycles. The Morgan fingerprint density at radius 3 is 1.35 bits per heavy atom. The number of rotatable bonds is 8. The lowest BCUT2D eigenvalue weighted by Gasteiger charge is -2.20. The number of carbonyl (C=O) groups is 2. The van der Waals surface area contributed by atoms with Crippen molar-refractivity contribution >= 4 is 45.9 Å². The Bertz CT molecular complexity index is 797. The molecule has 1 heterocycles. The van der Waals surface area contributed by atoms with Gasteiger partial charge in [-0.05, 0) is 87.7 Å². The smallest absolute Gasteiger partial charge is 0.306 e. The van der Waals surface area contributed by atoms with Gasteiger partial charge in [-0.3, -0.25) is 9.59 Å². The highest BCUT2D eigenvalue weighted by atomic mass is 79.9. The van der Waals surface area contributed by atoms with Crippen LogP contribution in [0.3, 0.4) is 0 Å². The fraction of sp³-hybridized carbons (Fsp3) is 0.562. The third kappa shape index (κ3) is 17.8. The molecule has 2 N–H and O–H groups in total. The second-order valence-corrected chi connectivity index (χ2v) is 9.79. The lowest BCUT2D eigenvalue weighted by molar-refractivity contribution is -0.147. The van der Waals surface area contributed by atoms with Crippen molar-refractivity contribution in [3.63, 3.8) is 0 Å². The third-order valence-electron chi connectivity index (χ3n) is 6.79. The lowest BCUT2D eigenvalue weighted by atomic mass is 9.94. The van der Waals surface area contributed by atoms with Gasteiger partial charge in [-0.2, -0.15) is 0 Å². The molecule has 2 aromatic carbocycles. The summed E-state index contributed by atoms with van der Waals surface area (Å²) in [5.41, 5.74) is 2.04. The first kappa shape index (κ1) is 40.4. The van der Waals surface area contributed by atoms with Crippen molar-refractivity contribution in [3.05, 3.63) is 71.8 Å². The minimum absolute atomic E-state index is 0. The summed E-state index contributed by atoms with van der Waals surface area (Å²) in [6.07, 6.45) is 6.95. The van der Waals surface area contributed by atoms with Gasteiger partial charge >= 0.3 is 11.9 Å². The highest BCUT2D eigenvalue weighted by Crippen LogP contribution is 2.19. The van der Waals surface area contributed by atoms with Gasteiger partial charge < -0.3 is 20.1 Å². The van der Waals surface area contributed by atoms with Gasteiger partial charge in [-0.15, -0.1) is 34.0 Å². The van der Waals surface area contributed by atoms with Crippen molar-refractivity contribution in [2.24, 2.45) is 11.8 Å². The van der Waals surface area contributed by atoms with Gasteiger partial charge in [0.25, 0.3) is 0 Å². The van der Waals surface area contributed by atoms with Gasteiger partial charge in [-0.25, -0.2) is 0 Å². The Hall–Kier alpha value is -1.74. The number of nitrogens with one attached hydrogen (secondary N) is 2. The average Bonchev–Trinajstić information content (AvgIpc) is 2.90. The van der Waals surface area contributed by atoms with E-state index in [1.807, 2.05) is 60.7 Å². The molecule has 0 bridgehead atoms. The van der Waals surface area contributed by atoms with Crippen LogP contribution in [0.1, 0.15) is 77.3 Å². The van der Waals surface area contributed by atoms with E-state index in [1.165, 1.54) is 0 Å². The van der Waals surface area contributed by atoms with Crippen molar-refractivity contribution in [2.45, 2.75) is 79.4 Å². The molecule has 1 saturated heterocycles. The Balaban J connectivity index is 0. The first-order valence-electron chi connectivity index (χ1n) is 13.5. The number of esters is 2. The average molecular weight is 689 g/mol. The summed E-state index contributed by atoms with van der Waals surface area (Å²) >= 11 is 0. The molecule has 40 heavy (non-hydrogen) atoms. The van der Waals surface area contributed by atoms with Crippen LogP contribution in [0.15, 0.2) is 60.7 Å². The first-order valence-corrected chi connectivity index (χ1v) is 13.5. The summed E-state index contributed by atoms with van der Waals surface area (Å²) in [5, 5.41) is 7.07. The Morgan fingerprint density at radius 1 is 0.600 bits per heavy atom. The van der Waals surface area contributed by atoms with Gasteiger partial charge in [0.05, 0.1) is 0 Å². The predicted octanol–water partition coefficient (Wildman–Crippen LogP) is 7.45. The summed E-state index contributed by atoms with van der Waals surface area (Å²) in [6, 6.07) is 19.7. The maximum atomic E-state index is 12.4. The molecule has 8 heteroatoms. The predicted molar refractivity (Wildman–Crippen MR) is 176 cm³/mol. The molecule has 0 spiro atoms. The second-order valence-electron chi connectivity index (χ2n) is 9.79. The molecule has 6 nitrogen and oxygen atoms in total. The van der Waals surface area contributed by atoms with E-state index in [0.29, 0.717) is 37.9 Å². The van der Waals surface area contributed by atoms with Crippen LogP contribution in [0.2, 0.25) is 0 Å². The number of benzene rings is 2. The Labute approximate surface area is 263 Å². The number of hydrogen-bond donors (Lipinski definition) is 2. The fourth-order valence-electron chi connectivity index (χ4n) is 4.66. The van der Waals surface area contributed by atoms with E-state index in [9.17, 15) is 9.59 Å². The first-order chi connectivity index (χ1) is 17.7. The number of ether oxygens (including phenoxy) is 2. The molecule has 0 radical (unpaired) electrons. The molecular formula is C32H52Br2N2O4. The highest BCUT2D eigenvalue weighted by molar-refractivity contribution is 8.93. The largest absolute Gasteiger partial charge is 0.461 e. The summed E-state index contributed by atoms with van der Waals surface area (Å²) in [5.74, 6) is 0.440. The van der Waals surface area contributed by atoms with Crippen LogP contribution in [0.4, 0.5) is 0 Å². The highest BCUT2D eigenvalue weighted by Gasteiger charge is 2.17. The fourth-order valence-corrected chi connectivity index (χ4v) is 4.66. The lowest BCUT2D eigenvalue weighted by Crippen LogP contribution is -2.25. The maximum absolute atomic E-state index is 12.4. The van der Waals surface area contributed by atoms with Crippen LogP contribution in [0.25, 0.3) is 0 Å². The zero-order valence-electron chi connectivity index (χ0n) is 22.3. The van der Waals surface area contributed by atoms with Gasteiger partial charge in [0.15, 0.2) is 0 Å². The summed E-state index contributed by atoms with van der Waals surface area (Å²) in [4.78, 5) is 24.8. The van der Waals surface area contributed by atoms with Gasteiger partial charge in [0.1, 0.15) is 13.2 Å². The molecule has 0 aromatic heterocycles. The van der Waals surface area contributed by atoms with Crippen molar-refractivity contribution in [3.8, 4) is 0 Å². The van der Waals surface area contributed by atoms with E-state index >= 15 is 0 Å². The van der Waals surface area contributed by atoms with Crippen molar-refractivity contribution in [2.75, 3.05) is 26.2 Å². The molecule has 1 aliphatic rings. The topological polar surface area (TPSA) is 76.7 Å². The standard InChI is InChI=1S/C30H42N2O4.2CH4.2BrH/c33-29(35-23-27-9-3-1-4-10-27)21-25-13-7-17-32-20-16-26(14-8-18-31-19-15-25)22-30(34)36-24-28-11-5-2-6-12-28;;;;/h1-6,9-12,25-26,31-32H,7-8,13-24H2;2*1H4;2*1H. The molecule has 0 aliphatic carbocycles. The van der Waals surface area contributed by atoms with Crippen LogP contribution in [0, 0.1) is 11.8 Å². The SMILES string of the molecule is Br.Br.C.C.O=C(CC1CCCNCCC(CC(=O)OCc2ccccc2)CCCNCC1)OCc1ccccc1. The van der Waals surface area contributed by atoms with Crippen molar-refractivity contribution in [1.82, 2.24) is 10.6 Å². The van der Waals surface area contributed by atoms with Gasteiger partial charge in [0.2, 0.25) is 0 Å². The summed E-state index contributed by atoms with van der Waals surface area (Å²) < 4.78 is 11.0. The van der Waals surface area contributed by atoms with Crippen LogP contribution in [-0.4, -0.2) is 38.1 Å². The molecule has 0 saturated carbocycles. The van der Waals surface area contributed by atoms with E-state index in [0.717, 1.165) is 75.8 Å². The van der Waals surface area contributed by atoms with Crippen LogP contribution < -0.4 is 10.6 Å². The maximum Gasteiger partial charge on any atom is 0.306 e. The molecule has 2 aromatic rings. The molecule has 3 rings (SSSR count). The summed E-state index contributed by atoms with van der Waals surface area (Å²) in [6.45, 7) is 4.32. The monoisotopic (exact) mass is 686 g/mol. The molecule has 2 atom stereocenters. The van der Waals surface area contributed by atoms with Gasteiger partial charge in [0, 0.05) is 12.8 Å². The Kier molecular flexibility index (Phi) is 25.3. The second kappa shape index (κ2) is 25.0. The van der Waals surface area contributed by atoms with Gasteiger partial charge in [-0.1, -0.05) is 75.5 Å². The minimum Gasteiger partial charge on any atom is -0.461 e. The van der Waals surface area contributed by atoms with E-state index in [1.54, 1.807) is 0 Å². The normalized spacial score (nSPS) is 18.1. The van der Waals surface area contributed by atoms with Crippen LogP contribution in [0.5, 0.6) is 0 Å². The van der Waals surface area contributed by atoms with E-state index < -0.39 is 0 Å². The number of hydrogen-bond acceptors (Lipinski definition) is 6. The van der Waals surface area contributed by atoms with Crippen molar-refractivity contribution in [1.29, 1.82) is 0 Å². The quantitative estimate of drug-likeness (QED) is 0.281. The van der Waals surface area contributed by atoms with Crippen LogP contribution in [-0.2, 0) is 32.3 Å². The molecule has 1 fully saturated rings. The minimum atomic E-state index is -0.111. The third-order valence-corrected chi connectivity index (χ3v) is 6.79. The summed E-state index contributed by atoms with van der Waals surface area (Å²) in [7, 11) is 0. The molecule has 2 unspecified atom stereocenters. The molecular weight excluding hydrogens is 636 g/mol. The van der Waals surface area contributed by atoms with E-state index in [2.05, 4.69) is 10.6 Å². The van der Waals surface area contributed by atoms with E-state index in [-0.39, 0.29) is 60.8 Å². The Morgan fingerprint density at radius 2 is 0.975 bits per heavy atom. The van der Waals surface area contributed by atoms with E-state index in [4.69, 9.17) is 9.47 Å². The zero-order chi connectivity index (χ0) is 25.3. The number of halogens is 2.